The van der Waals surface area contributed by atoms with Crippen molar-refractivity contribution in [3.8, 4) is 6.07 Å². The monoisotopic (exact) mass is 553 g/mol. The predicted octanol–water partition coefficient (Wildman–Crippen LogP) is 5.06. The third-order valence-corrected chi connectivity index (χ3v) is 6.08. The van der Waals surface area contributed by atoms with Crippen LogP contribution in [0.5, 0.6) is 0 Å². The van der Waals surface area contributed by atoms with E-state index < -0.39 is 30.0 Å². The molecule has 0 aliphatic heterocycles. The quantitative estimate of drug-likeness (QED) is 0.367. The van der Waals surface area contributed by atoms with E-state index in [1.807, 2.05) is 36.4 Å². The van der Waals surface area contributed by atoms with Gasteiger partial charge in [-0.1, -0.05) is 70.0 Å². The van der Waals surface area contributed by atoms with Gasteiger partial charge in [-0.3, -0.25) is 9.59 Å². The molecule has 3 aromatic carbocycles. The highest BCUT2D eigenvalue weighted by molar-refractivity contribution is 9.10. The molecule has 180 valence electrons. The molecule has 0 unspecified atom stereocenters. The Morgan fingerprint density at radius 3 is 2.34 bits per heavy atom. The number of benzene rings is 3. The van der Waals surface area contributed by atoms with Crippen molar-refractivity contribution in [2.45, 2.75) is 38.1 Å². The number of halogens is 2. The van der Waals surface area contributed by atoms with Crippen LogP contribution in [0.2, 0.25) is 5.02 Å². The summed E-state index contributed by atoms with van der Waals surface area (Å²) < 4.78 is 6.65. The van der Waals surface area contributed by atoms with Gasteiger partial charge < -0.3 is 15.4 Å². The molecule has 0 heterocycles. The van der Waals surface area contributed by atoms with Crippen LogP contribution >= 0.6 is 27.5 Å². The predicted molar refractivity (Wildman–Crippen MR) is 139 cm³/mol. The first kappa shape index (κ1) is 26.4. The Morgan fingerprint density at radius 1 is 1.00 bits per heavy atom. The van der Waals surface area contributed by atoms with Gasteiger partial charge in [-0.05, 0) is 54.4 Å². The molecule has 0 saturated heterocycles. The lowest BCUT2D eigenvalue weighted by Gasteiger charge is -2.24. The van der Waals surface area contributed by atoms with Gasteiger partial charge in [0.2, 0.25) is 5.91 Å². The SMILES string of the molecule is C[C@@H](OCc1ccccc1)[C@@H](C#N)NC(=O)[C@H](Cc1cccc(Cl)c1)NC(=O)c1ccc(Br)cc1. The summed E-state index contributed by atoms with van der Waals surface area (Å²) in [4.78, 5) is 26.1. The van der Waals surface area contributed by atoms with Gasteiger partial charge in [-0.2, -0.15) is 5.26 Å². The molecule has 3 atom stereocenters. The second-order valence-corrected chi connectivity index (χ2v) is 9.34. The average Bonchev–Trinajstić information content (AvgIpc) is 2.86. The van der Waals surface area contributed by atoms with Crippen LogP contribution in [0.1, 0.15) is 28.4 Å². The number of hydrogen-bond acceptors (Lipinski definition) is 4. The smallest absolute Gasteiger partial charge is 0.251 e. The van der Waals surface area contributed by atoms with Crippen LogP contribution in [0.15, 0.2) is 83.3 Å². The van der Waals surface area contributed by atoms with Gasteiger partial charge in [0, 0.05) is 21.5 Å². The zero-order chi connectivity index (χ0) is 25.2. The Morgan fingerprint density at radius 2 is 1.69 bits per heavy atom. The third-order valence-electron chi connectivity index (χ3n) is 5.32. The Bertz CT molecular complexity index is 1180. The van der Waals surface area contributed by atoms with Gasteiger partial charge in [0.05, 0.1) is 18.8 Å². The van der Waals surface area contributed by atoms with Crippen molar-refractivity contribution in [3.05, 3.63) is 105 Å². The zero-order valence-corrected chi connectivity index (χ0v) is 21.4. The Kier molecular flexibility index (Phi) is 9.86. The highest BCUT2D eigenvalue weighted by Gasteiger charge is 2.27. The van der Waals surface area contributed by atoms with Gasteiger partial charge in [-0.15, -0.1) is 0 Å². The summed E-state index contributed by atoms with van der Waals surface area (Å²) >= 11 is 9.45. The standard InChI is InChI=1S/C27H25BrClN3O3/c1-18(35-17-19-6-3-2-4-7-19)25(16-30)32-27(34)24(15-20-8-5-9-23(29)14-20)31-26(33)21-10-12-22(28)13-11-21/h2-14,18,24-25H,15,17H2,1H3,(H,31,33)(H,32,34)/t18-,24+,25-/m1/s1. The van der Waals surface area contributed by atoms with E-state index in [-0.39, 0.29) is 6.42 Å². The van der Waals surface area contributed by atoms with Crippen molar-refractivity contribution < 1.29 is 14.3 Å². The number of amides is 2. The number of carbonyl (C=O) groups excluding carboxylic acids is 2. The number of ether oxygens (including phenoxy) is 1. The molecule has 6 nitrogen and oxygen atoms in total. The van der Waals surface area contributed by atoms with E-state index in [4.69, 9.17) is 16.3 Å². The Hall–Kier alpha value is -3.18. The molecule has 3 aromatic rings. The Balaban J connectivity index is 1.71. The van der Waals surface area contributed by atoms with Gasteiger partial charge >= 0.3 is 0 Å². The molecule has 0 aliphatic rings. The normalized spacial score (nSPS) is 13.2. The molecule has 0 spiro atoms. The van der Waals surface area contributed by atoms with Crippen molar-refractivity contribution in [2.75, 3.05) is 0 Å². The number of nitriles is 1. The summed E-state index contributed by atoms with van der Waals surface area (Å²) in [6, 6.07) is 23.7. The summed E-state index contributed by atoms with van der Waals surface area (Å²) in [5.74, 6) is -0.890. The second kappa shape index (κ2) is 13.1. The summed E-state index contributed by atoms with van der Waals surface area (Å²) in [5.41, 5.74) is 2.15. The third kappa shape index (κ3) is 8.22. The molecular weight excluding hydrogens is 530 g/mol. The number of nitrogens with zero attached hydrogens (tertiary/aromatic N) is 1. The molecule has 8 heteroatoms. The maximum atomic E-state index is 13.2. The summed E-state index contributed by atoms with van der Waals surface area (Å²) in [6.45, 7) is 2.03. The summed E-state index contributed by atoms with van der Waals surface area (Å²) in [5, 5.41) is 15.7. The summed E-state index contributed by atoms with van der Waals surface area (Å²) in [7, 11) is 0. The molecule has 2 amide bonds. The van der Waals surface area contributed by atoms with Crippen LogP contribution in [0.3, 0.4) is 0 Å². The maximum absolute atomic E-state index is 13.2. The molecule has 0 fully saturated rings. The molecule has 0 aromatic heterocycles. The maximum Gasteiger partial charge on any atom is 0.251 e. The van der Waals surface area contributed by atoms with Gasteiger partial charge in [0.15, 0.2) is 0 Å². The minimum absolute atomic E-state index is 0.200. The number of hydrogen-bond donors (Lipinski definition) is 2. The van der Waals surface area contributed by atoms with E-state index in [2.05, 4.69) is 32.6 Å². The Labute approximate surface area is 218 Å². The van der Waals surface area contributed by atoms with Crippen molar-refractivity contribution in [1.82, 2.24) is 10.6 Å². The van der Waals surface area contributed by atoms with Crippen LogP contribution in [0.25, 0.3) is 0 Å². The lowest BCUT2D eigenvalue weighted by Crippen LogP contribution is -2.52. The van der Waals surface area contributed by atoms with Crippen molar-refractivity contribution in [1.29, 1.82) is 5.26 Å². The van der Waals surface area contributed by atoms with E-state index in [1.165, 1.54) is 0 Å². The molecule has 0 saturated carbocycles. The highest BCUT2D eigenvalue weighted by Crippen LogP contribution is 2.15. The van der Waals surface area contributed by atoms with Crippen LogP contribution in [0, 0.1) is 11.3 Å². The van der Waals surface area contributed by atoms with E-state index in [1.54, 1.807) is 49.4 Å². The fourth-order valence-electron chi connectivity index (χ4n) is 3.36. The first-order chi connectivity index (χ1) is 16.9. The number of carbonyl (C=O) groups is 2. The van der Waals surface area contributed by atoms with E-state index in [9.17, 15) is 14.9 Å². The van der Waals surface area contributed by atoms with E-state index >= 15 is 0 Å². The van der Waals surface area contributed by atoms with E-state index in [0.717, 1.165) is 15.6 Å². The van der Waals surface area contributed by atoms with Crippen LogP contribution in [-0.2, 0) is 22.6 Å². The van der Waals surface area contributed by atoms with Crippen molar-refractivity contribution in [3.63, 3.8) is 0 Å². The van der Waals surface area contributed by atoms with Crippen LogP contribution in [-0.4, -0.2) is 30.0 Å². The lowest BCUT2D eigenvalue weighted by molar-refractivity contribution is -0.124. The van der Waals surface area contributed by atoms with E-state index in [0.29, 0.717) is 17.2 Å². The molecule has 35 heavy (non-hydrogen) atoms. The van der Waals surface area contributed by atoms with Crippen molar-refractivity contribution >= 4 is 39.3 Å². The summed E-state index contributed by atoms with van der Waals surface area (Å²) in [6.07, 6.45) is -0.371. The molecule has 3 rings (SSSR count). The van der Waals surface area contributed by atoms with Crippen LogP contribution < -0.4 is 10.6 Å². The number of nitrogens with one attached hydrogen (secondary N) is 2. The first-order valence-electron chi connectivity index (χ1n) is 11.0. The first-order valence-corrected chi connectivity index (χ1v) is 12.2. The topological polar surface area (TPSA) is 91.2 Å². The van der Waals surface area contributed by atoms with Crippen molar-refractivity contribution in [2.24, 2.45) is 0 Å². The minimum Gasteiger partial charge on any atom is -0.371 e. The molecular formula is C27H25BrClN3O3. The lowest BCUT2D eigenvalue weighted by atomic mass is 10.0. The average molecular weight is 555 g/mol. The molecule has 0 radical (unpaired) electrons. The zero-order valence-electron chi connectivity index (χ0n) is 19.1. The molecule has 0 aliphatic carbocycles. The number of rotatable bonds is 10. The molecule has 2 N–H and O–H groups in total. The molecule has 0 bridgehead atoms. The highest BCUT2D eigenvalue weighted by atomic mass is 79.9. The minimum atomic E-state index is -0.929. The van der Waals surface area contributed by atoms with Gasteiger partial charge in [0.25, 0.3) is 5.91 Å². The second-order valence-electron chi connectivity index (χ2n) is 7.98. The fraction of sp³-hybridized carbons (Fsp3) is 0.222. The van der Waals surface area contributed by atoms with Gasteiger partial charge in [0.1, 0.15) is 12.1 Å². The fourth-order valence-corrected chi connectivity index (χ4v) is 3.84. The largest absolute Gasteiger partial charge is 0.371 e. The van der Waals surface area contributed by atoms with Crippen LogP contribution in [0.4, 0.5) is 0 Å². The van der Waals surface area contributed by atoms with Gasteiger partial charge in [-0.25, -0.2) is 0 Å².